The second-order valence-electron chi connectivity index (χ2n) is 5.53. The monoisotopic (exact) mass is 404 g/mol. The molecule has 114 valence electrons. The number of halogens is 1. The second kappa shape index (κ2) is 5.83. The summed E-state index contributed by atoms with van der Waals surface area (Å²) in [4.78, 5) is 12.2. The van der Waals surface area contributed by atoms with Crippen molar-refractivity contribution in [1.82, 2.24) is 0 Å². The highest BCUT2D eigenvalue weighted by Crippen LogP contribution is 2.39. The molecule has 4 atom stereocenters. The number of alkyl halides is 1. The Balaban J connectivity index is 1.75. The smallest absolute Gasteiger partial charge is 0.338 e. The average Bonchev–Trinajstić information content (AvgIpc) is 2.92. The fraction of sp³-hybridized carbons (Fsp3) is 0.533. The van der Waals surface area contributed by atoms with Crippen LogP contribution < -0.4 is 0 Å². The number of rotatable bonds is 3. The minimum atomic E-state index is -0.719. The molecule has 0 radical (unpaired) electrons. The van der Waals surface area contributed by atoms with Crippen LogP contribution in [0.5, 0.6) is 0 Å². The van der Waals surface area contributed by atoms with Crippen LogP contribution in [0.15, 0.2) is 30.3 Å². The van der Waals surface area contributed by atoms with Crippen molar-refractivity contribution in [3.8, 4) is 0 Å². The number of hydrogen-bond acceptors (Lipinski definition) is 5. The molecule has 2 fully saturated rings. The maximum atomic E-state index is 12.2. The van der Waals surface area contributed by atoms with Gasteiger partial charge in [0.1, 0.15) is 6.10 Å². The molecule has 0 aliphatic carbocycles. The van der Waals surface area contributed by atoms with Crippen molar-refractivity contribution in [2.75, 3.05) is 4.43 Å². The summed E-state index contributed by atoms with van der Waals surface area (Å²) in [7, 11) is 0. The Kier molecular flexibility index (Phi) is 4.22. The van der Waals surface area contributed by atoms with Crippen molar-refractivity contribution in [3.05, 3.63) is 35.9 Å². The van der Waals surface area contributed by atoms with E-state index in [0.717, 1.165) is 0 Å². The minimum absolute atomic E-state index is 0.218. The van der Waals surface area contributed by atoms with Gasteiger partial charge in [-0.25, -0.2) is 4.79 Å². The molecule has 2 heterocycles. The zero-order valence-electron chi connectivity index (χ0n) is 11.8. The summed E-state index contributed by atoms with van der Waals surface area (Å²) < 4.78 is 23.6. The van der Waals surface area contributed by atoms with E-state index in [4.69, 9.17) is 18.9 Å². The van der Waals surface area contributed by atoms with Gasteiger partial charge in [-0.05, 0) is 26.0 Å². The molecule has 21 heavy (non-hydrogen) atoms. The van der Waals surface area contributed by atoms with E-state index in [1.165, 1.54) is 0 Å². The fourth-order valence-corrected chi connectivity index (χ4v) is 3.29. The van der Waals surface area contributed by atoms with Crippen LogP contribution in [-0.4, -0.2) is 40.8 Å². The maximum absolute atomic E-state index is 12.2. The highest BCUT2D eigenvalue weighted by atomic mass is 127. The molecule has 0 amide bonds. The van der Waals surface area contributed by atoms with Gasteiger partial charge in [-0.3, -0.25) is 0 Å². The predicted molar refractivity (Wildman–Crippen MR) is 83.2 cm³/mol. The minimum Gasteiger partial charge on any atom is -0.453 e. The van der Waals surface area contributed by atoms with Crippen LogP contribution in [0.2, 0.25) is 0 Å². The van der Waals surface area contributed by atoms with Gasteiger partial charge in [0.05, 0.1) is 5.56 Å². The molecule has 0 spiro atoms. The van der Waals surface area contributed by atoms with E-state index in [2.05, 4.69) is 22.6 Å². The van der Waals surface area contributed by atoms with Crippen LogP contribution in [0.4, 0.5) is 0 Å². The number of ether oxygens (including phenoxy) is 4. The summed E-state index contributed by atoms with van der Waals surface area (Å²) in [5.74, 6) is -1.09. The van der Waals surface area contributed by atoms with Crippen LogP contribution in [-0.2, 0) is 18.9 Å². The van der Waals surface area contributed by atoms with E-state index < -0.39 is 18.2 Å². The molecule has 6 heteroatoms. The normalized spacial score (nSPS) is 33.7. The van der Waals surface area contributed by atoms with Crippen LogP contribution in [0.25, 0.3) is 0 Å². The van der Waals surface area contributed by atoms with E-state index >= 15 is 0 Å². The summed E-state index contributed by atoms with van der Waals surface area (Å²) in [5, 5.41) is 0. The first-order chi connectivity index (χ1) is 10.00. The van der Waals surface area contributed by atoms with Crippen molar-refractivity contribution >= 4 is 28.6 Å². The topological polar surface area (TPSA) is 54.0 Å². The molecule has 0 bridgehead atoms. The van der Waals surface area contributed by atoms with Gasteiger partial charge in [0.15, 0.2) is 24.3 Å². The second-order valence-corrected chi connectivity index (χ2v) is 6.41. The Morgan fingerprint density at radius 3 is 2.67 bits per heavy atom. The van der Waals surface area contributed by atoms with Gasteiger partial charge in [-0.2, -0.15) is 0 Å². The van der Waals surface area contributed by atoms with E-state index in [1.54, 1.807) is 24.3 Å². The predicted octanol–water partition coefficient (Wildman–Crippen LogP) is 2.52. The number of carbonyl (C=O) groups excluding carboxylic acids is 1. The largest absolute Gasteiger partial charge is 0.453 e. The van der Waals surface area contributed by atoms with E-state index in [0.29, 0.717) is 9.99 Å². The van der Waals surface area contributed by atoms with Crippen molar-refractivity contribution in [3.63, 3.8) is 0 Å². The lowest BCUT2D eigenvalue weighted by Crippen LogP contribution is -2.39. The van der Waals surface area contributed by atoms with Gasteiger partial charge in [0.25, 0.3) is 0 Å². The molecule has 2 saturated heterocycles. The van der Waals surface area contributed by atoms with E-state index in [1.807, 2.05) is 19.9 Å². The molecule has 0 saturated carbocycles. The molecular weight excluding hydrogens is 387 g/mol. The highest BCUT2D eigenvalue weighted by molar-refractivity contribution is 14.1. The van der Waals surface area contributed by atoms with Crippen molar-refractivity contribution in [2.24, 2.45) is 0 Å². The van der Waals surface area contributed by atoms with Gasteiger partial charge >= 0.3 is 5.97 Å². The molecular formula is C15H17IO5. The zero-order chi connectivity index (χ0) is 15.0. The van der Waals surface area contributed by atoms with Crippen LogP contribution >= 0.6 is 22.6 Å². The third-order valence-electron chi connectivity index (χ3n) is 3.49. The Labute approximate surface area is 137 Å². The lowest BCUT2D eigenvalue weighted by molar-refractivity contribution is -0.211. The molecule has 0 unspecified atom stereocenters. The number of hydrogen-bond donors (Lipinski definition) is 0. The average molecular weight is 404 g/mol. The molecule has 2 aliphatic rings. The Bertz CT molecular complexity index is 518. The standard InChI is InChI=1S/C15H17IO5/c1-15(2)20-12-11(10(8-16)18-14(12)21-15)19-13(17)9-6-4-3-5-7-9/h3-7,10-12,14H,8H2,1-2H3/t10-,11+,12-,14-/m1/s1. The van der Waals surface area contributed by atoms with Crippen LogP contribution in [0, 0.1) is 0 Å². The SMILES string of the molecule is CC1(C)O[C@H]2O[C@H](CI)[C@H](OC(=O)c3ccccc3)[C@H]2O1. The number of carbonyl (C=O) groups is 1. The van der Waals surface area contributed by atoms with Crippen molar-refractivity contribution in [1.29, 1.82) is 0 Å². The Morgan fingerprint density at radius 2 is 2.00 bits per heavy atom. The molecule has 0 aromatic heterocycles. The van der Waals surface area contributed by atoms with Crippen LogP contribution in [0.3, 0.4) is 0 Å². The van der Waals surface area contributed by atoms with Gasteiger partial charge in [-0.1, -0.05) is 40.8 Å². The van der Waals surface area contributed by atoms with Gasteiger partial charge < -0.3 is 18.9 Å². The first-order valence-corrected chi connectivity index (χ1v) is 8.36. The van der Waals surface area contributed by atoms with Gasteiger partial charge in [0, 0.05) is 4.43 Å². The molecule has 5 nitrogen and oxygen atoms in total. The fourth-order valence-electron chi connectivity index (χ4n) is 2.58. The zero-order valence-corrected chi connectivity index (χ0v) is 14.0. The lowest BCUT2D eigenvalue weighted by Gasteiger charge is -2.24. The number of fused-ring (bicyclic) bond motifs is 1. The molecule has 0 N–H and O–H groups in total. The molecule has 1 aromatic carbocycles. The Morgan fingerprint density at radius 1 is 1.29 bits per heavy atom. The number of esters is 1. The van der Waals surface area contributed by atoms with Crippen molar-refractivity contribution in [2.45, 2.75) is 44.2 Å². The van der Waals surface area contributed by atoms with E-state index in [9.17, 15) is 4.79 Å². The quantitative estimate of drug-likeness (QED) is 0.441. The lowest BCUT2D eigenvalue weighted by atomic mass is 10.1. The molecule has 3 rings (SSSR count). The van der Waals surface area contributed by atoms with E-state index in [-0.39, 0.29) is 18.2 Å². The van der Waals surface area contributed by atoms with Gasteiger partial charge in [-0.15, -0.1) is 0 Å². The third kappa shape index (κ3) is 3.08. The molecule has 2 aliphatic heterocycles. The number of benzene rings is 1. The maximum Gasteiger partial charge on any atom is 0.338 e. The molecule has 1 aromatic rings. The summed E-state index contributed by atoms with van der Waals surface area (Å²) >= 11 is 2.21. The third-order valence-corrected chi connectivity index (χ3v) is 4.36. The summed E-state index contributed by atoms with van der Waals surface area (Å²) in [6, 6.07) is 8.92. The first-order valence-electron chi connectivity index (χ1n) is 6.83. The summed E-state index contributed by atoms with van der Waals surface area (Å²) in [6.07, 6.45) is -1.54. The van der Waals surface area contributed by atoms with Crippen LogP contribution in [0.1, 0.15) is 24.2 Å². The van der Waals surface area contributed by atoms with Crippen molar-refractivity contribution < 1.29 is 23.7 Å². The first kappa shape index (κ1) is 15.2. The highest BCUT2D eigenvalue weighted by Gasteiger charge is 2.56. The summed E-state index contributed by atoms with van der Waals surface area (Å²) in [6.45, 7) is 3.65. The summed E-state index contributed by atoms with van der Waals surface area (Å²) in [5.41, 5.74) is 0.520. The Hall–Kier alpha value is -0.700. The van der Waals surface area contributed by atoms with Gasteiger partial charge in [0.2, 0.25) is 0 Å².